The van der Waals surface area contributed by atoms with Gasteiger partial charge in [-0.2, -0.15) is 0 Å². The second kappa shape index (κ2) is 3.68. The summed E-state index contributed by atoms with van der Waals surface area (Å²) in [6.45, 7) is 0. The Labute approximate surface area is 87.7 Å². The first-order chi connectivity index (χ1) is 6.23. The number of benzene rings is 1. The number of nitrogens with two attached hydrogens (primary N) is 1. The first-order valence-electron chi connectivity index (χ1n) is 4.35. The number of hydrogen-bond donors (Lipinski definition) is 1. The summed E-state index contributed by atoms with van der Waals surface area (Å²) >= 11 is -2.15. The molecule has 0 saturated heterocycles. The van der Waals surface area contributed by atoms with Crippen LogP contribution >= 0.6 is 0 Å². The van der Waals surface area contributed by atoms with Crippen LogP contribution in [0.25, 0.3) is 0 Å². The van der Waals surface area contributed by atoms with E-state index in [9.17, 15) is 8.42 Å². The van der Waals surface area contributed by atoms with E-state index in [1.807, 2.05) is 12.1 Å². The van der Waals surface area contributed by atoms with Gasteiger partial charge in [0.15, 0.2) is 0 Å². The molecule has 1 rings (SSSR count). The molecule has 3 nitrogen and oxygen atoms in total. The number of sulfonamides is 1. The van der Waals surface area contributed by atoms with Crippen molar-refractivity contribution in [3.8, 4) is 0 Å². The molecule has 0 fully saturated rings. The van der Waals surface area contributed by atoms with Crippen molar-refractivity contribution in [1.82, 2.24) is 0 Å². The van der Waals surface area contributed by atoms with Crippen molar-refractivity contribution in [3.05, 3.63) is 24.3 Å². The minimum atomic E-state index is -3.57. The average molecular weight is 274 g/mol. The topological polar surface area (TPSA) is 60.2 Å². The van der Waals surface area contributed by atoms with E-state index in [1.54, 1.807) is 12.1 Å². The summed E-state index contributed by atoms with van der Waals surface area (Å²) < 4.78 is 23.6. The SMILES string of the molecule is [CH3][Ge]([CH3])([CH3])[c]1ccccc1S(N)(=O)=O. The summed E-state index contributed by atoms with van der Waals surface area (Å²) in [7, 11) is -3.57. The van der Waals surface area contributed by atoms with Crippen LogP contribution < -0.4 is 9.53 Å². The van der Waals surface area contributed by atoms with Crippen molar-refractivity contribution in [3.63, 3.8) is 0 Å². The molecular formula is C9H15GeNO2S. The standard InChI is InChI=1S/C9H15GeNO2S/c1-10(2,3)8-6-4-5-7-9(8)14(11,12)13/h4-7H,1-3H3,(H2,11,12,13). The first-order valence-corrected chi connectivity index (χ1v) is 13.2. The second-order valence-corrected chi connectivity index (χ2v) is 16.4. The fourth-order valence-corrected chi connectivity index (χ4v) is 7.44. The molecule has 0 spiro atoms. The van der Waals surface area contributed by atoms with Crippen LogP contribution in [0.4, 0.5) is 0 Å². The molecule has 1 aromatic carbocycles. The van der Waals surface area contributed by atoms with E-state index >= 15 is 0 Å². The Balaban J connectivity index is 3.47. The Morgan fingerprint density at radius 3 is 2.00 bits per heavy atom. The zero-order chi connectivity index (χ0) is 11.0. The molecule has 5 heteroatoms. The maximum absolute atomic E-state index is 11.3. The summed E-state index contributed by atoms with van der Waals surface area (Å²) in [6.07, 6.45) is 0. The summed E-state index contributed by atoms with van der Waals surface area (Å²) in [5, 5.41) is 5.16. The third kappa shape index (κ3) is 2.59. The molecule has 0 radical (unpaired) electrons. The monoisotopic (exact) mass is 275 g/mol. The van der Waals surface area contributed by atoms with Crippen LogP contribution in [0.5, 0.6) is 0 Å². The van der Waals surface area contributed by atoms with E-state index in [1.165, 1.54) is 0 Å². The predicted molar refractivity (Wildman–Crippen MR) is 60.8 cm³/mol. The average Bonchev–Trinajstić information content (AvgIpc) is 2.01. The quantitative estimate of drug-likeness (QED) is 0.814. The van der Waals surface area contributed by atoms with Crippen LogP contribution in [0, 0.1) is 0 Å². The van der Waals surface area contributed by atoms with E-state index in [-0.39, 0.29) is 0 Å². The summed E-state index contributed by atoms with van der Waals surface area (Å²) in [5.41, 5.74) is 0. The van der Waals surface area contributed by atoms with Gasteiger partial charge in [0.2, 0.25) is 0 Å². The van der Waals surface area contributed by atoms with Crippen molar-refractivity contribution in [2.45, 2.75) is 22.2 Å². The predicted octanol–water partition coefficient (Wildman–Crippen LogP) is 0.879. The third-order valence-electron chi connectivity index (χ3n) is 2.00. The molecular weight excluding hydrogens is 259 g/mol. The second-order valence-electron chi connectivity index (χ2n) is 4.29. The summed E-state index contributed by atoms with van der Waals surface area (Å²) in [4.78, 5) is 0.299. The fraction of sp³-hybridized carbons (Fsp3) is 0.333. The fourth-order valence-electron chi connectivity index (χ4n) is 1.33. The zero-order valence-electron chi connectivity index (χ0n) is 8.61. The van der Waals surface area contributed by atoms with Crippen molar-refractivity contribution >= 4 is 27.7 Å². The van der Waals surface area contributed by atoms with E-state index in [0.29, 0.717) is 4.90 Å². The van der Waals surface area contributed by atoms with Crippen LogP contribution in [-0.4, -0.2) is 21.7 Å². The van der Waals surface area contributed by atoms with Crippen molar-refractivity contribution in [2.24, 2.45) is 5.14 Å². The molecule has 1 aromatic rings. The molecule has 0 aromatic heterocycles. The molecule has 14 heavy (non-hydrogen) atoms. The van der Waals surface area contributed by atoms with Crippen LogP contribution in [0.1, 0.15) is 0 Å². The van der Waals surface area contributed by atoms with Gasteiger partial charge in [0, 0.05) is 0 Å². The van der Waals surface area contributed by atoms with Gasteiger partial charge in [-0.05, 0) is 0 Å². The summed E-state index contributed by atoms with van der Waals surface area (Å²) in [6, 6.07) is 7.03. The van der Waals surface area contributed by atoms with Gasteiger partial charge in [-0.15, -0.1) is 0 Å². The molecule has 0 aliphatic heterocycles. The molecule has 0 unspecified atom stereocenters. The third-order valence-corrected chi connectivity index (χ3v) is 7.66. The molecule has 0 aliphatic rings. The van der Waals surface area contributed by atoms with E-state index in [4.69, 9.17) is 5.14 Å². The molecule has 0 heterocycles. The van der Waals surface area contributed by atoms with Gasteiger partial charge in [0.25, 0.3) is 0 Å². The van der Waals surface area contributed by atoms with Crippen molar-refractivity contribution in [2.75, 3.05) is 0 Å². The van der Waals surface area contributed by atoms with E-state index in [0.717, 1.165) is 4.40 Å². The van der Waals surface area contributed by atoms with Gasteiger partial charge in [-0.1, -0.05) is 0 Å². The Hall–Kier alpha value is -0.327. The molecule has 0 aliphatic carbocycles. The Bertz CT molecular complexity index is 434. The van der Waals surface area contributed by atoms with E-state index in [2.05, 4.69) is 17.3 Å². The van der Waals surface area contributed by atoms with Gasteiger partial charge in [0.05, 0.1) is 0 Å². The van der Waals surface area contributed by atoms with Gasteiger partial charge >= 0.3 is 87.7 Å². The molecule has 78 valence electrons. The van der Waals surface area contributed by atoms with Gasteiger partial charge in [-0.25, -0.2) is 0 Å². The Morgan fingerprint density at radius 1 is 1.14 bits per heavy atom. The zero-order valence-corrected chi connectivity index (χ0v) is 11.5. The molecule has 0 bridgehead atoms. The molecule has 2 N–H and O–H groups in total. The maximum atomic E-state index is 11.3. The van der Waals surface area contributed by atoms with Gasteiger partial charge in [0.1, 0.15) is 0 Å². The first kappa shape index (κ1) is 11.7. The number of rotatable bonds is 2. The van der Waals surface area contributed by atoms with Gasteiger partial charge < -0.3 is 0 Å². The van der Waals surface area contributed by atoms with Crippen molar-refractivity contribution in [1.29, 1.82) is 0 Å². The van der Waals surface area contributed by atoms with Crippen molar-refractivity contribution < 1.29 is 8.42 Å². The molecule has 0 atom stereocenters. The normalized spacial score (nSPS) is 12.9. The molecule has 0 saturated carbocycles. The van der Waals surface area contributed by atoms with Crippen LogP contribution in [-0.2, 0) is 10.0 Å². The van der Waals surface area contributed by atoms with E-state index < -0.39 is 23.3 Å². The van der Waals surface area contributed by atoms with Crippen LogP contribution in [0.3, 0.4) is 0 Å². The summed E-state index contributed by atoms with van der Waals surface area (Å²) in [5.74, 6) is 6.43. The Morgan fingerprint density at radius 2 is 1.64 bits per heavy atom. The number of hydrogen-bond acceptors (Lipinski definition) is 2. The van der Waals surface area contributed by atoms with Gasteiger partial charge in [-0.3, -0.25) is 0 Å². The van der Waals surface area contributed by atoms with Crippen LogP contribution in [0.15, 0.2) is 29.2 Å². The van der Waals surface area contributed by atoms with Crippen LogP contribution in [0.2, 0.25) is 17.3 Å². The minimum absolute atomic E-state index is 0.299. The number of primary sulfonamides is 1. The Kier molecular flexibility index (Phi) is 3.08. The molecule has 0 amide bonds.